The lowest BCUT2D eigenvalue weighted by Gasteiger charge is -2.22. The van der Waals surface area contributed by atoms with Crippen LogP contribution in [0.25, 0.3) is 0 Å². The Hall–Kier alpha value is -0.0400. The Balaban J connectivity index is 0. The van der Waals surface area contributed by atoms with Crippen molar-refractivity contribution in [2.75, 3.05) is 7.11 Å². The van der Waals surface area contributed by atoms with E-state index in [2.05, 4.69) is 48.5 Å². The Morgan fingerprint density at radius 2 is 1.16 bits per heavy atom. The summed E-state index contributed by atoms with van der Waals surface area (Å²) >= 11 is 0. The molecule has 0 aliphatic carbocycles. The van der Waals surface area contributed by atoms with Crippen LogP contribution < -0.4 is 0 Å². The van der Waals surface area contributed by atoms with Crippen LogP contribution in [0.2, 0.25) is 0 Å². The second-order valence-electron chi connectivity index (χ2n) is 6.38. The fraction of sp³-hybridized carbons (Fsp3) is 1.00. The maximum Gasteiger partial charge on any atom is 0.0543 e. The highest BCUT2D eigenvalue weighted by Gasteiger charge is 2.14. The molecule has 0 aliphatic heterocycles. The Morgan fingerprint density at radius 3 is 1.53 bits per heavy atom. The van der Waals surface area contributed by atoms with E-state index in [9.17, 15) is 0 Å². The van der Waals surface area contributed by atoms with Crippen LogP contribution >= 0.6 is 0 Å². The van der Waals surface area contributed by atoms with Crippen LogP contribution in [0.15, 0.2) is 0 Å². The maximum absolute atomic E-state index is 5.30. The van der Waals surface area contributed by atoms with E-state index in [4.69, 9.17) is 4.74 Å². The highest BCUT2D eigenvalue weighted by atomic mass is 16.5. The van der Waals surface area contributed by atoms with Crippen molar-refractivity contribution in [1.29, 1.82) is 0 Å². The summed E-state index contributed by atoms with van der Waals surface area (Å²) in [4.78, 5) is 0. The van der Waals surface area contributed by atoms with E-state index in [1.165, 1.54) is 38.5 Å². The van der Waals surface area contributed by atoms with Gasteiger partial charge in [-0.25, -0.2) is 0 Å². The summed E-state index contributed by atoms with van der Waals surface area (Å²) in [7, 11) is 1.81. The second kappa shape index (κ2) is 14.4. The second-order valence-corrected chi connectivity index (χ2v) is 6.38. The van der Waals surface area contributed by atoms with Crippen LogP contribution in [0.5, 0.6) is 0 Å². The first-order chi connectivity index (χ1) is 8.92. The molecule has 0 spiro atoms. The molecule has 0 amide bonds. The van der Waals surface area contributed by atoms with Gasteiger partial charge in [-0.15, -0.1) is 0 Å². The standard InChI is InChI=1S/C15H32O.C3H8/c1-7-12(2)8-9-13(3)14(4)10-11-15(5)16-6;1-3-2/h12-15H,7-11H2,1-6H3;3H2,1-2H3. The fourth-order valence-electron chi connectivity index (χ4n) is 1.94. The summed E-state index contributed by atoms with van der Waals surface area (Å²) in [5.41, 5.74) is 0. The quantitative estimate of drug-likeness (QED) is 0.477. The van der Waals surface area contributed by atoms with Gasteiger partial charge in [0.15, 0.2) is 0 Å². The summed E-state index contributed by atoms with van der Waals surface area (Å²) in [6, 6.07) is 0. The number of hydrogen-bond acceptors (Lipinski definition) is 1. The van der Waals surface area contributed by atoms with Gasteiger partial charge >= 0.3 is 0 Å². The lowest BCUT2D eigenvalue weighted by atomic mass is 9.85. The van der Waals surface area contributed by atoms with Crippen LogP contribution in [0.3, 0.4) is 0 Å². The monoisotopic (exact) mass is 272 g/mol. The summed E-state index contributed by atoms with van der Waals surface area (Å²) < 4.78 is 5.30. The Bertz CT molecular complexity index is 149. The molecule has 0 rings (SSSR count). The van der Waals surface area contributed by atoms with Crippen molar-refractivity contribution in [3.63, 3.8) is 0 Å². The zero-order chi connectivity index (χ0) is 15.3. The molecule has 0 saturated heterocycles. The summed E-state index contributed by atoms with van der Waals surface area (Å²) in [5, 5.41) is 0. The number of ether oxygens (including phenoxy) is 1. The van der Waals surface area contributed by atoms with E-state index in [-0.39, 0.29) is 0 Å². The lowest BCUT2D eigenvalue weighted by Crippen LogP contribution is -2.13. The molecule has 4 unspecified atom stereocenters. The van der Waals surface area contributed by atoms with Crippen molar-refractivity contribution >= 4 is 0 Å². The molecule has 1 nitrogen and oxygen atoms in total. The van der Waals surface area contributed by atoms with Gasteiger partial charge in [0.1, 0.15) is 0 Å². The topological polar surface area (TPSA) is 9.23 Å². The molecule has 4 atom stereocenters. The Labute approximate surface area is 123 Å². The van der Waals surface area contributed by atoms with Gasteiger partial charge in [0.25, 0.3) is 0 Å². The van der Waals surface area contributed by atoms with E-state index in [0.29, 0.717) is 6.10 Å². The van der Waals surface area contributed by atoms with Gasteiger partial charge in [-0.1, -0.05) is 67.2 Å². The predicted octanol–water partition coefficient (Wildman–Crippen LogP) is 6.32. The van der Waals surface area contributed by atoms with Crippen LogP contribution in [-0.2, 0) is 4.74 Å². The minimum absolute atomic E-state index is 0.421. The molecule has 0 aliphatic rings. The van der Waals surface area contributed by atoms with Crippen molar-refractivity contribution < 1.29 is 4.74 Å². The SMILES string of the molecule is CCC.CCC(C)CCC(C)C(C)CCC(C)OC. The number of rotatable bonds is 9. The molecule has 0 N–H and O–H groups in total. The molecule has 0 fully saturated rings. The minimum Gasteiger partial charge on any atom is -0.382 e. The van der Waals surface area contributed by atoms with Crippen molar-refractivity contribution in [3.8, 4) is 0 Å². The average molecular weight is 273 g/mol. The minimum atomic E-state index is 0.421. The molecular weight excluding hydrogens is 232 g/mol. The van der Waals surface area contributed by atoms with E-state index in [0.717, 1.165) is 17.8 Å². The molecule has 1 heteroatoms. The van der Waals surface area contributed by atoms with E-state index >= 15 is 0 Å². The van der Waals surface area contributed by atoms with E-state index < -0.39 is 0 Å². The van der Waals surface area contributed by atoms with Crippen LogP contribution in [0, 0.1) is 17.8 Å². The van der Waals surface area contributed by atoms with Gasteiger partial charge in [0.2, 0.25) is 0 Å². The molecule has 0 saturated carbocycles. The first-order valence-electron chi connectivity index (χ1n) is 8.45. The normalized spacial score (nSPS) is 17.1. The Kier molecular flexibility index (Phi) is 16.1. The van der Waals surface area contributed by atoms with Crippen molar-refractivity contribution in [1.82, 2.24) is 0 Å². The molecule has 19 heavy (non-hydrogen) atoms. The van der Waals surface area contributed by atoms with Crippen LogP contribution in [0.4, 0.5) is 0 Å². The lowest BCUT2D eigenvalue weighted by molar-refractivity contribution is 0.101. The van der Waals surface area contributed by atoms with Gasteiger partial charge < -0.3 is 4.74 Å². The van der Waals surface area contributed by atoms with Crippen LogP contribution in [-0.4, -0.2) is 13.2 Å². The smallest absolute Gasteiger partial charge is 0.0543 e. The van der Waals surface area contributed by atoms with Crippen molar-refractivity contribution in [3.05, 3.63) is 0 Å². The molecular formula is C18H40O. The van der Waals surface area contributed by atoms with E-state index in [1.54, 1.807) is 0 Å². The molecule has 0 aromatic carbocycles. The summed E-state index contributed by atoms with van der Waals surface area (Å²) in [5.74, 6) is 2.59. The van der Waals surface area contributed by atoms with Gasteiger partial charge in [-0.2, -0.15) is 0 Å². The van der Waals surface area contributed by atoms with E-state index in [1.807, 2.05) is 7.11 Å². The predicted molar refractivity (Wildman–Crippen MR) is 88.7 cm³/mol. The van der Waals surface area contributed by atoms with Gasteiger partial charge in [-0.05, 0) is 37.5 Å². The highest BCUT2D eigenvalue weighted by Crippen LogP contribution is 2.25. The largest absolute Gasteiger partial charge is 0.382 e. The molecule has 118 valence electrons. The van der Waals surface area contributed by atoms with Gasteiger partial charge in [-0.3, -0.25) is 0 Å². The third-order valence-electron chi connectivity index (χ3n) is 4.21. The fourth-order valence-corrected chi connectivity index (χ4v) is 1.94. The first-order valence-corrected chi connectivity index (χ1v) is 8.45. The van der Waals surface area contributed by atoms with Crippen molar-refractivity contribution in [2.24, 2.45) is 17.8 Å². The third kappa shape index (κ3) is 14.2. The van der Waals surface area contributed by atoms with Gasteiger partial charge in [0.05, 0.1) is 6.10 Å². The first kappa shape index (κ1) is 21.3. The van der Waals surface area contributed by atoms with Crippen LogP contribution in [0.1, 0.15) is 87.0 Å². The molecule has 0 heterocycles. The molecule has 0 radical (unpaired) electrons. The Morgan fingerprint density at radius 1 is 0.737 bits per heavy atom. The molecule has 0 aromatic rings. The molecule has 0 aromatic heterocycles. The maximum atomic E-state index is 5.30. The van der Waals surface area contributed by atoms with Gasteiger partial charge in [0, 0.05) is 7.11 Å². The average Bonchev–Trinajstić information content (AvgIpc) is 2.41. The zero-order valence-electron chi connectivity index (χ0n) is 15.0. The highest BCUT2D eigenvalue weighted by molar-refractivity contribution is 4.65. The number of methoxy groups -OCH3 is 1. The third-order valence-corrected chi connectivity index (χ3v) is 4.21. The summed E-state index contributed by atoms with van der Waals surface area (Å²) in [6.07, 6.45) is 8.27. The molecule has 0 bridgehead atoms. The summed E-state index contributed by atoms with van der Waals surface area (Å²) in [6.45, 7) is 15.9. The number of hydrogen-bond donors (Lipinski definition) is 0. The zero-order valence-corrected chi connectivity index (χ0v) is 15.0. The van der Waals surface area contributed by atoms with Crippen molar-refractivity contribution in [2.45, 2.75) is 93.1 Å².